The first-order valence-electron chi connectivity index (χ1n) is 6.01. The van der Waals surface area contributed by atoms with E-state index in [0.29, 0.717) is 38.7 Å². The summed E-state index contributed by atoms with van der Waals surface area (Å²) < 4.78 is 8.62. The summed E-state index contributed by atoms with van der Waals surface area (Å²) in [5.74, 6) is -0.396. The number of hydrogen-bond donors (Lipinski definition) is 1. The Kier molecular flexibility index (Phi) is 4.88. The molecule has 2 rings (SSSR count). The van der Waals surface area contributed by atoms with E-state index in [1.54, 1.807) is 0 Å². The van der Waals surface area contributed by atoms with Crippen molar-refractivity contribution in [3.63, 3.8) is 0 Å². The fraction of sp³-hybridized carbons (Fsp3) is 0.750. The van der Waals surface area contributed by atoms with Gasteiger partial charge in [0.25, 0.3) is 6.47 Å². The number of rotatable bonds is 3. The summed E-state index contributed by atoms with van der Waals surface area (Å²) >= 11 is 0. The molecule has 0 aromatic rings. The second-order valence-electron chi connectivity index (χ2n) is 4.62. The van der Waals surface area contributed by atoms with Gasteiger partial charge >= 0.3 is 5.97 Å². The maximum atomic E-state index is 11.8. The predicted molar refractivity (Wildman–Crippen MR) is 63.7 cm³/mol. The van der Waals surface area contributed by atoms with E-state index in [1.165, 1.54) is 19.1 Å². The van der Waals surface area contributed by atoms with E-state index in [1.807, 2.05) is 0 Å². The fourth-order valence-electron chi connectivity index (χ4n) is 3.02. The average Bonchev–Trinajstić information content (AvgIpc) is 2.90. The number of carbonyl (C=O) groups excluding carboxylic acids is 3. The molecular formula is C12H19NO6. The molecule has 2 unspecified atom stereocenters. The summed E-state index contributed by atoms with van der Waals surface area (Å²) in [6, 6.07) is 0. The minimum Gasteiger partial charge on any atom is -0.471 e. The van der Waals surface area contributed by atoms with Crippen LogP contribution in [0.3, 0.4) is 0 Å². The van der Waals surface area contributed by atoms with Crippen molar-refractivity contribution in [3.8, 4) is 0 Å². The Morgan fingerprint density at radius 3 is 2.37 bits per heavy atom. The first-order valence-corrected chi connectivity index (χ1v) is 6.01. The van der Waals surface area contributed by atoms with Crippen LogP contribution in [0.25, 0.3) is 0 Å². The molecular weight excluding hydrogens is 254 g/mol. The molecule has 0 aromatic heterocycles. The van der Waals surface area contributed by atoms with Crippen molar-refractivity contribution < 1.29 is 29.0 Å². The van der Waals surface area contributed by atoms with Gasteiger partial charge in [0.15, 0.2) is 5.72 Å². The third-order valence-corrected chi connectivity index (χ3v) is 3.95. The zero-order chi connectivity index (χ0) is 14.5. The molecule has 19 heavy (non-hydrogen) atoms. The molecule has 1 aliphatic carbocycles. The van der Waals surface area contributed by atoms with Crippen LogP contribution < -0.4 is 0 Å². The van der Waals surface area contributed by atoms with E-state index in [-0.39, 0.29) is 0 Å². The number of methoxy groups -OCH3 is 2. The minimum atomic E-state index is -1.32. The summed E-state index contributed by atoms with van der Waals surface area (Å²) in [6.45, 7) is 0.801. The van der Waals surface area contributed by atoms with Crippen LogP contribution in [-0.2, 0) is 23.9 Å². The van der Waals surface area contributed by atoms with Crippen molar-refractivity contribution in [2.75, 3.05) is 20.8 Å². The molecule has 0 bridgehead atoms. The van der Waals surface area contributed by atoms with Crippen LogP contribution in [0.4, 0.5) is 0 Å². The Balaban J connectivity index is 0.000000399. The standard InChI is InChI=1S/C10H15NO4.C2H4O2/c1-15-8(13)9-3-2-4-10(9,14)11(7-12)6-5-9;1-4-2-3/h7,14H,2-6H2,1H3;2H,1H3. The molecule has 1 aliphatic heterocycles. The Morgan fingerprint density at radius 1 is 1.26 bits per heavy atom. The van der Waals surface area contributed by atoms with E-state index in [0.717, 1.165) is 6.42 Å². The van der Waals surface area contributed by atoms with Gasteiger partial charge in [0.1, 0.15) is 5.41 Å². The second-order valence-corrected chi connectivity index (χ2v) is 4.62. The van der Waals surface area contributed by atoms with Gasteiger partial charge in [-0.1, -0.05) is 0 Å². The number of nitrogens with zero attached hydrogens (tertiary/aromatic N) is 1. The SMILES string of the molecule is COC(=O)C12CCCC1(O)N(C=O)CC2.COC=O. The molecule has 0 spiro atoms. The molecule has 2 fully saturated rings. The highest BCUT2D eigenvalue weighted by atomic mass is 16.5. The first-order chi connectivity index (χ1) is 9.02. The largest absolute Gasteiger partial charge is 0.471 e. The number of carbonyl (C=O) groups is 3. The lowest BCUT2D eigenvalue weighted by molar-refractivity contribution is -0.181. The number of likely N-dealkylation sites (tertiary alicyclic amines) is 1. The molecule has 2 aliphatic rings. The van der Waals surface area contributed by atoms with Gasteiger partial charge in [0, 0.05) is 6.54 Å². The summed E-state index contributed by atoms with van der Waals surface area (Å²) in [7, 11) is 2.63. The Bertz CT molecular complexity index is 360. The molecule has 1 saturated heterocycles. The van der Waals surface area contributed by atoms with Crippen LogP contribution in [-0.4, -0.2) is 55.3 Å². The topological polar surface area (TPSA) is 93.1 Å². The Labute approximate surface area is 111 Å². The minimum absolute atomic E-state index is 0.375. The molecule has 0 aromatic carbocycles. The molecule has 7 heteroatoms. The molecule has 108 valence electrons. The van der Waals surface area contributed by atoms with Gasteiger partial charge in [0.05, 0.1) is 14.2 Å². The normalized spacial score (nSPS) is 31.8. The highest BCUT2D eigenvalue weighted by molar-refractivity contribution is 5.80. The van der Waals surface area contributed by atoms with Gasteiger partial charge in [-0.15, -0.1) is 0 Å². The Hall–Kier alpha value is -1.63. The van der Waals surface area contributed by atoms with Crippen LogP contribution in [0.2, 0.25) is 0 Å². The summed E-state index contributed by atoms with van der Waals surface area (Å²) in [5.41, 5.74) is -2.20. The smallest absolute Gasteiger partial charge is 0.316 e. The molecule has 1 heterocycles. The summed E-state index contributed by atoms with van der Waals surface area (Å²) in [6.07, 6.45) is 2.92. The maximum absolute atomic E-state index is 11.8. The number of amides is 1. The lowest BCUT2D eigenvalue weighted by Gasteiger charge is -2.36. The van der Waals surface area contributed by atoms with Crippen molar-refractivity contribution in [1.29, 1.82) is 0 Å². The predicted octanol–water partition coefficient (Wildman–Crippen LogP) is -0.330. The van der Waals surface area contributed by atoms with E-state index >= 15 is 0 Å². The zero-order valence-corrected chi connectivity index (χ0v) is 11.1. The van der Waals surface area contributed by atoms with Crippen LogP contribution in [0.1, 0.15) is 25.7 Å². The van der Waals surface area contributed by atoms with Crippen LogP contribution in [0, 0.1) is 5.41 Å². The second kappa shape index (κ2) is 6.01. The lowest BCUT2D eigenvalue weighted by atomic mass is 9.80. The van der Waals surface area contributed by atoms with Gasteiger partial charge in [-0.05, 0) is 25.7 Å². The van der Waals surface area contributed by atoms with Gasteiger partial charge in [0.2, 0.25) is 6.41 Å². The number of ether oxygens (including phenoxy) is 2. The number of hydrogen-bond acceptors (Lipinski definition) is 6. The first kappa shape index (κ1) is 15.4. The Morgan fingerprint density at radius 2 is 1.89 bits per heavy atom. The zero-order valence-electron chi connectivity index (χ0n) is 11.1. The van der Waals surface area contributed by atoms with Crippen molar-refractivity contribution in [2.24, 2.45) is 5.41 Å². The molecule has 0 radical (unpaired) electrons. The average molecular weight is 273 g/mol. The van der Waals surface area contributed by atoms with E-state index in [2.05, 4.69) is 4.74 Å². The van der Waals surface area contributed by atoms with Crippen LogP contribution >= 0.6 is 0 Å². The van der Waals surface area contributed by atoms with Gasteiger partial charge < -0.3 is 19.5 Å². The molecule has 1 N–H and O–H groups in total. The monoisotopic (exact) mass is 273 g/mol. The number of fused-ring (bicyclic) bond motifs is 1. The highest BCUT2D eigenvalue weighted by Crippen LogP contribution is 2.55. The van der Waals surface area contributed by atoms with Gasteiger partial charge in [-0.3, -0.25) is 14.4 Å². The number of aliphatic hydroxyl groups is 1. The summed E-state index contributed by atoms with van der Waals surface area (Å²) in [5, 5.41) is 10.4. The van der Waals surface area contributed by atoms with Gasteiger partial charge in [-0.25, -0.2) is 0 Å². The lowest BCUT2D eigenvalue weighted by Crippen LogP contribution is -2.53. The van der Waals surface area contributed by atoms with Crippen molar-refractivity contribution in [1.82, 2.24) is 4.90 Å². The van der Waals surface area contributed by atoms with E-state index in [9.17, 15) is 14.7 Å². The van der Waals surface area contributed by atoms with Crippen molar-refractivity contribution in [2.45, 2.75) is 31.4 Å². The van der Waals surface area contributed by atoms with Crippen LogP contribution in [0.5, 0.6) is 0 Å². The van der Waals surface area contributed by atoms with E-state index < -0.39 is 17.1 Å². The molecule has 1 saturated carbocycles. The quantitative estimate of drug-likeness (QED) is 0.559. The summed E-state index contributed by atoms with van der Waals surface area (Å²) in [4.78, 5) is 32.9. The van der Waals surface area contributed by atoms with Crippen molar-refractivity contribution in [3.05, 3.63) is 0 Å². The third-order valence-electron chi connectivity index (χ3n) is 3.95. The maximum Gasteiger partial charge on any atom is 0.316 e. The molecule has 1 amide bonds. The van der Waals surface area contributed by atoms with E-state index in [4.69, 9.17) is 9.53 Å². The molecule has 2 atom stereocenters. The fourth-order valence-corrected chi connectivity index (χ4v) is 3.02. The molecule has 7 nitrogen and oxygen atoms in total. The van der Waals surface area contributed by atoms with Crippen LogP contribution in [0.15, 0.2) is 0 Å². The van der Waals surface area contributed by atoms with Gasteiger partial charge in [-0.2, -0.15) is 0 Å². The highest BCUT2D eigenvalue weighted by Gasteiger charge is 2.66. The third kappa shape index (κ3) is 2.30. The van der Waals surface area contributed by atoms with Crippen molar-refractivity contribution >= 4 is 18.9 Å². The number of esters is 1.